The van der Waals surface area contributed by atoms with Crippen LogP contribution < -0.4 is 5.32 Å². The molecular weight excluding hydrogens is 160 g/mol. The van der Waals surface area contributed by atoms with Crippen LogP contribution in [0.2, 0.25) is 0 Å². The van der Waals surface area contributed by atoms with Gasteiger partial charge in [-0.3, -0.25) is 0 Å². The van der Waals surface area contributed by atoms with E-state index < -0.39 is 0 Å². The molecule has 1 fully saturated rings. The van der Waals surface area contributed by atoms with Crippen molar-refractivity contribution in [2.24, 2.45) is 5.41 Å². The first-order valence-electron chi connectivity index (χ1n) is 5.41. The monoisotopic (exact) mass is 180 g/mol. The Labute approximate surface area is 81.3 Å². The second-order valence-electron chi connectivity index (χ2n) is 4.15. The van der Waals surface area contributed by atoms with E-state index in [1.807, 2.05) is 0 Å². The van der Waals surface area contributed by atoms with E-state index in [4.69, 9.17) is 5.26 Å². The first-order valence-corrected chi connectivity index (χ1v) is 5.41. The minimum atomic E-state index is 0.565. The smallest absolute Gasteiger partial charge is 0.0635 e. The highest BCUT2D eigenvalue weighted by Gasteiger charge is 2.31. The highest BCUT2D eigenvalue weighted by atomic mass is 14.9. The lowest BCUT2D eigenvalue weighted by Crippen LogP contribution is -2.32. The van der Waals surface area contributed by atoms with Crippen molar-refractivity contribution in [3.05, 3.63) is 0 Å². The van der Waals surface area contributed by atoms with Gasteiger partial charge in [-0.05, 0) is 24.7 Å². The van der Waals surface area contributed by atoms with Crippen molar-refractivity contribution in [2.75, 3.05) is 13.1 Å². The summed E-state index contributed by atoms with van der Waals surface area (Å²) in [5, 5.41) is 11.8. The van der Waals surface area contributed by atoms with Crippen molar-refractivity contribution in [3.8, 4) is 6.07 Å². The van der Waals surface area contributed by atoms with Crippen LogP contribution in [-0.4, -0.2) is 13.1 Å². The molecule has 0 aromatic rings. The lowest BCUT2D eigenvalue weighted by molar-refractivity contribution is 0.270. The summed E-state index contributed by atoms with van der Waals surface area (Å²) in [6.45, 7) is 4.26. The summed E-state index contributed by atoms with van der Waals surface area (Å²) in [5.41, 5.74) is 0.565. The zero-order chi connectivity index (χ0) is 9.57. The van der Waals surface area contributed by atoms with Gasteiger partial charge in [0.15, 0.2) is 0 Å². The van der Waals surface area contributed by atoms with Crippen LogP contribution in [0, 0.1) is 16.7 Å². The fourth-order valence-electron chi connectivity index (χ4n) is 2.28. The Bertz CT molecular complexity index is 175. The molecule has 0 heterocycles. The Hall–Kier alpha value is -0.550. The maximum absolute atomic E-state index is 8.39. The first-order chi connectivity index (χ1) is 6.33. The van der Waals surface area contributed by atoms with Gasteiger partial charge in [0, 0.05) is 19.5 Å². The average Bonchev–Trinajstić information content (AvgIpc) is 2.62. The lowest BCUT2D eigenvalue weighted by Gasteiger charge is -2.27. The van der Waals surface area contributed by atoms with Crippen LogP contribution in [0.5, 0.6) is 0 Å². The summed E-state index contributed by atoms with van der Waals surface area (Å²) < 4.78 is 0. The van der Waals surface area contributed by atoms with Gasteiger partial charge in [-0.25, -0.2) is 0 Å². The van der Waals surface area contributed by atoms with Crippen LogP contribution in [0.25, 0.3) is 0 Å². The van der Waals surface area contributed by atoms with Crippen molar-refractivity contribution in [3.63, 3.8) is 0 Å². The molecule has 1 aliphatic carbocycles. The Morgan fingerprint density at radius 1 is 1.38 bits per heavy atom. The second kappa shape index (κ2) is 5.24. The number of nitrogens with zero attached hydrogens (tertiary/aromatic N) is 1. The summed E-state index contributed by atoms with van der Waals surface area (Å²) in [6, 6.07) is 2.16. The van der Waals surface area contributed by atoms with E-state index in [2.05, 4.69) is 18.3 Å². The molecule has 0 aromatic carbocycles. The van der Waals surface area contributed by atoms with Crippen molar-refractivity contribution < 1.29 is 0 Å². The van der Waals surface area contributed by atoms with Gasteiger partial charge in [0.1, 0.15) is 0 Å². The summed E-state index contributed by atoms with van der Waals surface area (Å²) in [6.07, 6.45) is 7.47. The third kappa shape index (κ3) is 3.00. The van der Waals surface area contributed by atoms with E-state index in [0.29, 0.717) is 11.8 Å². The van der Waals surface area contributed by atoms with Gasteiger partial charge >= 0.3 is 0 Å². The third-order valence-electron chi connectivity index (χ3n) is 3.33. The largest absolute Gasteiger partial charge is 0.315 e. The highest BCUT2D eigenvalue weighted by molar-refractivity contribution is 4.85. The SMILES string of the molecule is CCC1(CNCCC#N)CCCC1. The van der Waals surface area contributed by atoms with E-state index in [-0.39, 0.29) is 0 Å². The minimum Gasteiger partial charge on any atom is -0.315 e. The van der Waals surface area contributed by atoms with E-state index >= 15 is 0 Å². The van der Waals surface area contributed by atoms with Crippen LogP contribution >= 0.6 is 0 Å². The van der Waals surface area contributed by atoms with E-state index in [0.717, 1.165) is 13.1 Å². The quantitative estimate of drug-likeness (QED) is 0.660. The van der Waals surface area contributed by atoms with Crippen molar-refractivity contribution in [2.45, 2.75) is 45.4 Å². The molecule has 1 rings (SSSR count). The van der Waals surface area contributed by atoms with Gasteiger partial charge in [0.05, 0.1) is 6.07 Å². The molecule has 0 bridgehead atoms. The van der Waals surface area contributed by atoms with E-state index in [9.17, 15) is 0 Å². The summed E-state index contributed by atoms with van der Waals surface area (Å²) in [5.74, 6) is 0. The topological polar surface area (TPSA) is 35.8 Å². The molecule has 0 unspecified atom stereocenters. The van der Waals surface area contributed by atoms with Crippen LogP contribution in [0.1, 0.15) is 45.4 Å². The van der Waals surface area contributed by atoms with Gasteiger partial charge in [0.25, 0.3) is 0 Å². The molecule has 2 nitrogen and oxygen atoms in total. The lowest BCUT2D eigenvalue weighted by atomic mass is 9.83. The van der Waals surface area contributed by atoms with Gasteiger partial charge in [0.2, 0.25) is 0 Å². The predicted octanol–water partition coefficient (Wildman–Crippen LogP) is 2.46. The number of rotatable bonds is 5. The predicted molar refractivity (Wildman–Crippen MR) is 54.3 cm³/mol. The van der Waals surface area contributed by atoms with Crippen LogP contribution in [-0.2, 0) is 0 Å². The van der Waals surface area contributed by atoms with Gasteiger partial charge < -0.3 is 5.32 Å². The Kier molecular flexibility index (Phi) is 4.24. The zero-order valence-corrected chi connectivity index (χ0v) is 8.60. The molecule has 74 valence electrons. The number of hydrogen-bond acceptors (Lipinski definition) is 2. The van der Waals surface area contributed by atoms with Crippen molar-refractivity contribution in [1.82, 2.24) is 5.32 Å². The molecule has 0 aromatic heterocycles. The van der Waals surface area contributed by atoms with Gasteiger partial charge in [-0.15, -0.1) is 0 Å². The van der Waals surface area contributed by atoms with Gasteiger partial charge in [-0.2, -0.15) is 5.26 Å². The minimum absolute atomic E-state index is 0.565. The summed E-state index contributed by atoms with van der Waals surface area (Å²) >= 11 is 0. The Morgan fingerprint density at radius 3 is 2.62 bits per heavy atom. The third-order valence-corrected chi connectivity index (χ3v) is 3.33. The van der Waals surface area contributed by atoms with E-state index in [1.54, 1.807) is 0 Å². The molecule has 0 amide bonds. The van der Waals surface area contributed by atoms with Crippen LogP contribution in [0.15, 0.2) is 0 Å². The second-order valence-corrected chi connectivity index (χ2v) is 4.15. The normalized spacial score (nSPS) is 20.0. The molecule has 2 heteroatoms. The van der Waals surface area contributed by atoms with Gasteiger partial charge in [-0.1, -0.05) is 19.8 Å². The molecule has 1 aliphatic rings. The molecule has 13 heavy (non-hydrogen) atoms. The van der Waals surface area contributed by atoms with Crippen molar-refractivity contribution >= 4 is 0 Å². The highest BCUT2D eigenvalue weighted by Crippen LogP contribution is 2.40. The molecule has 1 saturated carbocycles. The molecular formula is C11H20N2. The fourth-order valence-corrected chi connectivity index (χ4v) is 2.28. The Morgan fingerprint density at radius 2 is 2.08 bits per heavy atom. The maximum Gasteiger partial charge on any atom is 0.0635 e. The summed E-state index contributed by atoms with van der Waals surface area (Å²) in [4.78, 5) is 0. The molecule has 1 N–H and O–H groups in total. The first kappa shape index (κ1) is 10.5. The number of hydrogen-bond donors (Lipinski definition) is 1. The summed E-state index contributed by atoms with van der Waals surface area (Å²) in [7, 11) is 0. The molecule has 0 aliphatic heterocycles. The zero-order valence-electron chi connectivity index (χ0n) is 8.60. The van der Waals surface area contributed by atoms with Crippen LogP contribution in [0.3, 0.4) is 0 Å². The molecule has 0 saturated heterocycles. The van der Waals surface area contributed by atoms with Crippen LogP contribution in [0.4, 0.5) is 0 Å². The molecule has 0 atom stereocenters. The Balaban J connectivity index is 2.20. The maximum atomic E-state index is 8.39. The fraction of sp³-hybridized carbons (Fsp3) is 0.909. The average molecular weight is 180 g/mol. The standard InChI is InChI=1S/C11H20N2/c1-2-11(6-3-4-7-11)10-13-9-5-8-12/h13H,2-7,9-10H2,1H3. The van der Waals surface area contributed by atoms with E-state index in [1.165, 1.54) is 32.1 Å². The van der Waals surface area contributed by atoms with Crippen molar-refractivity contribution in [1.29, 1.82) is 5.26 Å². The molecule has 0 spiro atoms. The number of nitriles is 1. The molecule has 0 radical (unpaired) electrons. The number of nitrogens with one attached hydrogen (secondary N) is 1.